The molecule has 0 spiro atoms. The first-order valence-electron chi connectivity index (χ1n) is 5.66. The van der Waals surface area contributed by atoms with Crippen LogP contribution in [0.15, 0.2) is 42.5 Å². The second kappa shape index (κ2) is 4.35. The number of carbonyl (C=O) groups is 1. The molecule has 1 atom stereocenters. The predicted octanol–water partition coefficient (Wildman–Crippen LogP) is 2.79. The Bertz CT molecular complexity index is 658. The summed E-state index contributed by atoms with van der Waals surface area (Å²) < 4.78 is 32.3. The van der Waals surface area contributed by atoms with Crippen molar-refractivity contribution in [1.82, 2.24) is 5.32 Å². The Morgan fingerprint density at radius 2 is 1.89 bits per heavy atom. The monoisotopic (exact) mass is 261 g/mol. The molecule has 0 unspecified atom stereocenters. The summed E-state index contributed by atoms with van der Waals surface area (Å²) in [6, 6.07) is 9.63. The molecule has 96 valence electrons. The lowest BCUT2D eigenvalue weighted by Crippen LogP contribution is -2.37. The lowest BCUT2D eigenvalue weighted by Gasteiger charge is -2.27. The van der Waals surface area contributed by atoms with Crippen molar-refractivity contribution < 1.29 is 18.3 Å². The SMILES string of the molecule is O=C1N[C@@H](c2cc(F)ccc2F)Oc2ccccc21. The zero-order valence-electron chi connectivity index (χ0n) is 9.69. The molecule has 0 saturated carbocycles. The number of amides is 1. The van der Waals surface area contributed by atoms with E-state index in [1.807, 2.05) is 0 Å². The summed E-state index contributed by atoms with van der Waals surface area (Å²) in [7, 11) is 0. The Kier molecular flexibility index (Phi) is 2.67. The summed E-state index contributed by atoms with van der Waals surface area (Å²) in [4.78, 5) is 11.9. The Hall–Kier alpha value is -2.43. The summed E-state index contributed by atoms with van der Waals surface area (Å²) >= 11 is 0. The summed E-state index contributed by atoms with van der Waals surface area (Å²) in [6.45, 7) is 0. The van der Waals surface area contributed by atoms with E-state index in [-0.39, 0.29) is 11.5 Å². The van der Waals surface area contributed by atoms with Crippen molar-refractivity contribution in [2.45, 2.75) is 6.23 Å². The minimum atomic E-state index is -1.03. The Labute approximate surface area is 107 Å². The van der Waals surface area contributed by atoms with Gasteiger partial charge in [-0.1, -0.05) is 12.1 Å². The van der Waals surface area contributed by atoms with E-state index < -0.39 is 17.9 Å². The van der Waals surface area contributed by atoms with Crippen LogP contribution in [0, 0.1) is 11.6 Å². The number of hydrogen-bond donors (Lipinski definition) is 1. The molecule has 0 bridgehead atoms. The predicted molar refractivity (Wildman–Crippen MR) is 63.6 cm³/mol. The van der Waals surface area contributed by atoms with E-state index in [4.69, 9.17) is 4.74 Å². The maximum atomic E-state index is 13.7. The maximum Gasteiger partial charge on any atom is 0.258 e. The molecule has 0 fully saturated rings. The zero-order chi connectivity index (χ0) is 13.4. The van der Waals surface area contributed by atoms with Crippen LogP contribution < -0.4 is 10.1 Å². The molecule has 0 radical (unpaired) electrons. The summed E-state index contributed by atoms with van der Waals surface area (Å²) in [6.07, 6.45) is -1.03. The van der Waals surface area contributed by atoms with Gasteiger partial charge in [-0.15, -0.1) is 0 Å². The molecule has 1 amide bonds. The standard InChI is InChI=1S/C14H9F2NO2/c15-8-5-6-11(16)10(7-8)14-17-13(18)9-3-1-2-4-12(9)19-14/h1-7,14H,(H,17,18)/t14-/m1/s1. The van der Waals surface area contributed by atoms with Gasteiger partial charge >= 0.3 is 0 Å². The van der Waals surface area contributed by atoms with Crippen LogP contribution in [0.2, 0.25) is 0 Å². The first kappa shape index (κ1) is 11.6. The molecule has 2 aromatic carbocycles. The van der Waals surface area contributed by atoms with Gasteiger partial charge in [0, 0.05) is 0 Å². The van der Waals surface area contributed by atoms with Crippen LogP contribution in [0.1, 0.15) is 22.1 Å². The van der Waals surface area contributed by atoms with Gasteiger partial charge in [-0.3, -0.25) is 4.79 Å². The minimum absolute atomic E-state index is 0.0390. The van der Waals surface area contributed by atoms with Crippen LogP contribution in [-0.2, 0) is 0 Å². The van der Waals surface area contributed by atoms with Gasteiger partial charge in [-0.05, 0) is 30.3 Å². The van der Waals surface area contributed by atoms with Crippen LogP contribution in [-0.4, -0.2) is 5.91 Å². The summed E-state index contributed by atoms with van der Waals surface area (Å²) in [5.74, 6) is -1.25. The Balaban J connectivity index is 2.01. The van der Waals surface area contributed by atoms with E-state index in [1.54, 1.807) is 24.3 Å². The van der Waals surface area contributed by atoms with E-state index >= 15 is 0 Å². The Morgan fingerprint density at radius 1 is 1.11 bits per heavy atom. The first-order valence-corrected chi connectivity index (χ1v) is 5.66. The Morgan fingerprint density at radius 3 is 2.74 bits per heavy atom. The van der Waals surface area contributed by atoms with Crippen molar-refractivity contribution in [2.75, 3.05) is 0 Å². The quantitative estimate of drug-likeness (QED) is 0.857. The summed E-state index contributed by atoms with van der Waals surface area (Å²) in [5, 5.41) is 2.49. The average molecular weight is 261 g/mol. The fourth-order valence-electron chi connectivity index (χ4n) is 1.97. The van der Waals surface area contributed by atoms with Gasteiger partial charge in [-0.25, -0.2) is 8.78 Å². The van der Waals surface area contributed by atoms with Gasteiger partial charge in [0.05, 0.1) is 11.1 Å². The van der Waals surface area contributed by atoms with E-state index in [0.717, 1.165) is 18.2 Å². The molecule has 1 aliphatic heterocycles. The van der Waals surface area contributed by atoms with Crippen molar-refractivity contribution in [1.29, 1.82) is 0 Å². The number of benzene rings is 2. The highest BCUT2D eigenvalue weighted by molar-refractivity contribution is 5.97. The van der Waals surface area contributed by atoms with Crippen molar-refractivity contribution in [3.05, 3.63) is 65.2 Å². The first-order chi connectivity index (χ1) is 9.15. The highest BCUT2D eigenvalue weighted by atomic mass is 19.1. The third kappa shape index (κ3) is 2.03. The molecule has 0 aromatic heterocycles. The third-order valence-corrected chi connectivity index (χ3v) is 2.88. The summed E-state index contributed by atoms with van der Waals surface area (Å²) in [5.41, 5.74) is 0.332. The highest BCUT2D eigenvalue weighted by Gasteiger charge is 2.28. The molecule has 5 heteroatoms. The number of hydrogen-bond acceptors (Lipinski definition) is 2. The van der Waals surface area contributed by atoms with Crippen molar-refractivity contribution >= 4 is 5.91 Å². The number of nitrogens with one attached hydrogen (secondary N) is 1. The van der Waals surface area contributed by atoms with Crippen molar-refractivity contribution in [3.8, 4) is 5.75 Å². The minimum Gasteiger partial charge on any atom is -0.465 e. The molecular formula is C14H9F2NO2. The number of ether oxygens (including phenoxy) is 1. The van der Waals surface area contributed by atoms with E-state index in [2.05, 4.69) is 5.32 Å². The molecular weight excluding hydrogens is 252 g/mol. The van der Waals surface area contributed by atoms with Crippen LogP contribution >= 0.6 is 0 Å². The normalized spacial score (nSPS) is 17.4. The van der Waals surface area contributed by atoms with Gasteiger partial charge in [0.15, 0.2) is 0 Å². The highest BCUT2D eigenvalue weighted by Crippen LogP contribution is 2.30. The van der Waals surface area contributed by atoms with Crippen LogP contribution in [0.3, 0.4) is 0 Å². The van der Waals surface area contributed by atoms with Gasteiger partial charge < -0.3 is 10.1 Å². The molecule has 1 N–H and O–H groups in total. The second-order valence-electron chi connectivity index (χ2n) is 4.13. The van der Waals surface area contributed by atoms with Gasteiger partial charge in [0.25, 0.3) is 5.91 Å². The number of halogens is 2. The lowest BCUT2D eigenvalue weighted by atomic mass is 10.1. The largest absolute Gasteiger partial charge is 0.465 e. The second-order valence-corrected chi connectivity index (χ2v) is 4.13. The fraction of sp³-hybridized carbons (Fsp3) is 0.0714. The molecule has 3 nitrogen and oxygen atoms in total. The molecule has 3 rings (SSSR count). The van der Waals surface area contributed by atoms with Gasteiger partial charge in [0.2, 0.25) is 6.23 Å². The molecule has 0 saturated heterocycles. The zero-order valence-corrected chi connectivity index (χ0v) is 9.69. The lowest BCUT2D eigenvalue weighted by molar-refractivity contribution is 0.0749. The van der Waals surface area contributed by atoms with E-state index in [9.17, 15) is 13.6 Å². The number of fused-ring (bicyclic) bond motifs is 1. The molecule has 1 heterocycles. The fourth-order valence-corrected chi connectivity index (χ4v) is 1.97. The van der Waals surface area contributed by atoms with Gasteiger partial charge in [-0.2, -0.15) is 0 Å². The number of para-hydroxylation sites is 1. The topological polar surface area (TPSA) is 38.3 Å². The number of carbonyl (C=O) groups excluding carboxylic acids is 1. The van der Waals surface area contributed by atoms with Gasteiger partial charge in [0.1, 0.15) is 17.4 Å². The van der Waals surface area contributed by atoms with E-state index in [1.165, 1.54) is 0 Å². The molecule has 0 aliphatic carbocycles. The van der Waals surface area contributed by atoms with Crippen LogP contribution in [0.4, 0.5) is 8.78 Å². The smallest absolute Gasteiger partial charge is 0.258 e. The maximum absolute atomic E-state index is 13.7. The van der Waals surface area contributed by atoms with Crippen molar-refractivity contribution in [3.63, 3.8) is 0 Å². The third-order valence-electron chi connectivity index (χ3n) is 2.88. The number of rotatable bonds is 1. The van der Waals surface area contributed by atoms with Crippen LogP contribution in [0.25, 0.3) is 0 Å². The van der Waals surface area contributed by atoms with E-state index in [0.29, 0.717) is 11.3 Å². The molecule has 1 aliphatic rings. The van der Waals surface area contributed by atoms with Crippen LogP contribution in [0.5, 0.6) is 5.75 Å². The average Bonchev–Trinajstić information content (AvgIpc) is 2.41. The van der Waals surface area contributed by atoms with Crippen molar-refractivity contribution in [2.24, 2.45) is 0 Å². The molecule has 2 aromatic rings. The molecule has 19 heavy (non-hydrogen) atoms.